The van der Waals surface area contributed by atoms with Crippen LogP contribution in [0.25, 0.3) is 0 Å². The quantitative estimate of drug-likeness (QED) is 0.605. The topological polar surface area (TPSA) is 27.1 Å². The Labute approximate surface area is 87.5 Å². The SMILES string of the molecule is CSC(=N)N(C)Cc1sccc1C. The van der Waals surface area contributed by atoms with Crippen LogP contribution >= 0.6 is 23.1 Å². The van der Waals surface area contributed by atoms with E-state index >= 15 is 0 Å². The first kappa shape index (κ1) is 10.6. The third-order valence-electron chi connectivity index (χ3n) is 1.89. The molecule has 0 saturated heterocycles. The lowest BCUT2D eigenvalue weighted by Gasteiger charge is -2.17. The second-order valence-corrected chi connectivity index (χ2v) is 4.69. The molecule has 1 rings (SSSR count). The van der Waals surface area contributed by atoms with E-state index in [1.807, 2.05) is 18.2 Å². The average Bonchev–Trinajstić information content (AvgIpc) is 2.50. The minimum atomic E-state index is 0.618. The van der Waals surface area contributed by atoms with E-state index in [4.69, 9.17) is 5.41 Å². The first-order chi connectivity index (χ1) is 6.15. The van der Waals surface area contributed by atoms with Gasteiger partial charge in [-0.3, -0.25) is 5.41 Å². The average molecular weight is 214 g/mol. The number of nitrogens with zero attached hydrogens (tertiary/aromatic N) is 1. The van der Waals surface area contributed by atoms with E-state index in [9.17, 15) is 0 Å². The Morgan fingerprint density at radius 2 is 2.38 bits per heavy atom. The number of rotatable bonds is 2. The molecule has 0 aliphatic heterocycles. The van der Waals surface area contributed by atoms with Crippen molar-refractivity contribution in [3.8, 4) is 0 Å². The maximum absolute atomic E-state index is 7.61. The fourth-order valence-electron chi connectivity index (χ4n) is 1.01. The van der Waals surface area contributed by atoms with Gasteiger partial charge in [0, 0.05) is 11.9 Å². The van der Waals surface area contributed by atoms with Crippen molar-refractivity contribution < 1.29 is 0 Å². The van der Waals surface area contributed by atoms with Gasteiger partial charge >= 0.3 is 0 Å². The number of amidine groups is 1. The molecule has 0 amide bonds. The highest BCUT2D eigenvalue weighted by Gasteiger charge is 2.06. The van der Waals surface area contributed by atoms with Gasteiger partial charge in [-0.05, 0) is 30.2 Å². The van der Waals surface area contributed by atoms with Crippen molar-refractivity contribution in [2.75, 3.05) is 13.3 Å². The normalized spacial score (nSPS) is 10.1. The van der Waals surface area contributed by atoms with E-state index in [1.54, 1.807) is 11.3 Å². The molecule has 0 aromatic carbocycles. The first-order valence-electron chi connectivity index (χ1n) is 4.01. The summed E-state index contributed by atoms with van der Waals surface area (Å²) in [5.41, 5.74) is 1.32. The summed E-state index contributed by atoms with van der Waals surface area (Å²) in [7, 11) is 1.96. The summed E-state index contributed by atoms with van der Waals surface area (Å²) in [6, 6.07) is 2.12. The lowest BCUT2D eigenvalue weighted by atomic mass is 10.3. The molecule has 0 radical (unpaired) electrons. The number of thioether (sulfide) groups is 1. The highest BCUT2D eigenvalue weighted by atomic mass is 32.2. The molecule has 1 N–H and O–H groups in total. The van der Waals surface area contributed by atoms with Crippen LogP contribution in [0.5, 0.6) is 0 Å². The molecular formula is C9H14N2S2. The van der Waals surface area contributed by atoms with E-state index < -0.39 is 0 Å². The van der Waals surface area contributed by atoms with Gasteiger partial charge in [-0.25, -0.2) is 0 Å². The molecule has 0 spiro atoms. The second kappa shape index (κ2) is 4.67. The Balaban J connectivity index is 2.59. The van der Waals surface area contributed by atoms with Crippen LogP contribution in [-0.4, -0.2) is 23.4 Å². The van der Waals surface area contributed by atoms with Crippen LogP contribution < -0.4 is 0 Å². The summed E-state index contributed by atoms with van der Waals surface area (Å²) >= 11 is 3.23. The Kier molecular flexibility index (Phi) is 3.81. The zero-order valence-corrected chi connectivity index (χ0v) is 9.76. The van der Waals surface area contributed by atoms with Crippen molar-refractivity contribution in [3.63, 3.8) is 0 Å². The predicted molar refractivity (Wildman–Crippen MR) is 61.8 cm³/mol. The third kappa shape index (κ3) is 2.74. The van der Waals surface area contributed by atoms with Crippen LogP contribution in [0.15, 0.2) is 11.4 Å². The lowest BCUT2D eigenvalue weighted by Crippen LogP contribution is -2.22. The fourth-order valence-corrected chi connectivity index (χ4v) is 2.34. The number of aryl methyl sites for hydroxylation is 1. The van der Waals surface area contributed by atoms with Gasteiger partial charge in [0.05, 0.1) is 6.54 Å². The minimum Gasteiger partial charge on any atom is -0.350 e. The first-order valence-corrected chi connectivity index (χ1v) is 6.12. The van der Waals surface area contributed by atoms with E-state index in [0.29, 0.717) is 5.17 Å². The Morgan fingerprint density at radius 3 is 2.85 bits per heavy atom. The minimum absolute atomic E-state index is 0.618. The van der Waals surface area contributed by atoms with Gasteiger partial charge in [-0.2, -0.15) is 0 Å². The Hall–Kier alpha value is -0.480. The molecule has 0 aliphatic rings. The van der Waals surface area contributed by atoms with Gasteiger partial charge in [0.15, 0.2) is 5.17 Å². The lowest BCUT2D eigenvalue weighted by molar-refractivity contribution is 0.512. The molecule has 0 atom stereocenters. The summed E-state index contributed by atoms with van der Waals surface area (Å²) in [6.07, 6.45) is 1.93. The van der Waals surface area contributed by atoms with Crippen LogP contribution in [0.4, 0.5) is 0 Å². The molecule has 0 unspecified atom stereocenters. The van der Waals surface area contributed by atoms with Crippen LogP contribution in [0.2, 0.25) is 0 Å². The molecule has 1 aromatic heterocycles. The third-order valence-corrected chi connectivity index (χ3v) is 3.60. The van der Waals surface area contributed by atoms with E-state index in [0.717, 1.165) is 6.54 Å². The van der Waals surface area contributed by atoms with Crippen LogP contribution in [0, 0.1) is 12.3 Å². The number of nitrogens with one attached hydrogen (secondary N) is 1. The van der Waals surface area contributed by atoms with Crippen molar-refractivity contribution >= 4 is 28.3 Å². The van der Waals surface area contributed by atoms with Gasteiger partial charge in [-0.1, -0.05) is 11.8 Å². The maximum Gasteiger partial charge on any atom is 0.156 e. The van der Waals surface area contributed by atoms with Gasteiger partial charge in [0.2, 0.25) is 0 Å². The summed E-state index contributed by atoms with van der Waals surface area (Å²) < 4.78 is 0. The van der Waals surface area contributed by atoms with Crippen LogP contribution in [0.3, 0.4) is 0 Å². The molecule has 13 heavy (non-hydrogen) atoms. The summed E-state index contributed by atoms with van der Waals surface area (Å²) in [6.45, 7) is 2.96. The van der Waals surface area contributed by atoms with Crippen molar-refractivity contribution in [1.29, 1.82) is 5.41 Å². The molecule has 0 bridgehead atoms. The van der Waals surface area contributed by atoms with Crippen LogP contribution in [0.1, 0.15) is 10.4 Å². The zero-order chi connectivity index (χ0) is 9.84. The summed E-state index contributed by atoms with van der Waals surface area (Å²) in [5.74, 6) is 0. The van der Waals surface area contributed by atoms with Crippen LogP contribution in [-0.2, 0) is 6.54 Å². The molecule has 0 saturated carbocycles. The molecule has 4 heteroatoms. The Morgan fingerprint density at radius 1 is 1.69 bits per heavy atom. The highest BCUT2D eigenvalue weighted by Crippen LogP contribution is 2.18. The fraction of sp³-hybridized carbons (Fsp3) is 0.444. The van der Waals surface area contributed by atoms with Crippen molar-refractivity contribution in [2.24, 2.45) is 0 Å². The second-order valence-electron chi connectivity index (χ2n) is 2.89. The van der Waals surface area contributed by atoms with Gasteiger partial charge in [0.1, 0.15) is 0 Å². The van der Waals surface area contributed by atoms with E-state index in [2.05, 4.69) is 18.4 Å². The zero-order valence-electron chi connectivity index (χ0n) is 8.13. The smallest absolute Gasteiger partial charge is 0.156 e. The standard InChI is InChI=1S/C9H14N2S2/c1-7-4-5-13-8(7)6-11(2)9(10)12-3/h4-5,10H,6H2,1-3H3. The maximum atomic E-state index is 7.61. The van der Waals surface area contributed by atoms with Crippen molar-refractivity contribution in [1.82, 2.24) is 4.90 Å². The van der Waals surface area contributed by atoms with Gasteiger partial charge in [0.25, 0.3) is 0 Å². The van der Waals surface area contributed by atoms with Crippen molar-refractivity contribution in [2.45, 2.75) is 13.5 Å². The van der Waals surface area contributed by atoms with Gasteiger partial charge < -0.3 is 4.90 Å². The summed E-state index contributed by atoms with van der Waals surface area (Å²) in [4.78, 5) is 3.31. The largest absolute Gasteiger partial charge is 0.350 e. The summed E-state index contributed by atoms with van der Waals surface area (Å²) in [5, 5.41) is 10.3. The molecule has 1 aromatic rings. The molecular weight excluding hydrogens is 200 g/mol. The number of thiophene rings is 1. The number of hydrogen-bond donors (Lipinski definition) is 1. The van der Waals surface area contributed by atoms with E-state index in [-0.39, 0.29) is 0 Å². The molecule has 72 valence electrons. The van der Waals surface area contributed by atoms with Gasteiger partial charge in [-0.15, -0.1) is 11.3 Å². The molecule has 0 aliphatic carbocycles. The molecule has 2 nitrogen and oxygen atoms in total. The molecule has 0 fully saturated rings. The Bertz CT molecular complexity index is 294. The van der Waals surface area contributed by atoms with Crippen molar-refractivity contribution in [3.05, 3.63) is 21.9 Å². The molecule has 1 heterocycles. The predicted octanol–water partition coefficient (Wildman–Crippen LogP) is 2.79. The number of hydrogen-bond acceptors (Lipinski definition) is 3. The highest BCUT2D eigenvalue weighted by molar-refractivity contribution is 8.13. The monoisotopic (exact) mass is 214 g/mol. The van der Waals surface area contributed by atoms with E-state index in [1.165, 1.54) is 22.2 Å².